The van der Waals surface area contributed by atoms with Crippen molar-refractivity contribution >= 4 is 23.5 Å². The summed E-state index contributed by atoms with van der Waals surface area (Å²) in [4.78, 5) is 25.2. The third-order valence-electron chi connectivity index (χ3n) is 4.33. The van der Waals surface area contributed by atoms with Crippen molar-refractivity contribution < 1.29 is 4.79 Å². The van der Waals surface area contributed by atoms with Gasteiger partial charge in [-0.2, -0.15) is 11.8 Å². The molecule has 0 fully saturated rings. The maximum Gasteiger partial charge on any atom is 0.223 e. The standard InChI is InChI=1S/C19H24N4OS/c1-22(2)19-16-8-10-23(12-17(16)20-14-21-19)18(24)9-11-25-13-15-6-4-3-5-7-15/h3-7,14H,8-13H2,1-2H3. The van der Waals surface area contributed by atoms with Gasteiger partial charge in [-0.05, 0) is 12.0 Å². The van der Waals surface area contributed by atoms with Crippen LogP contribution in [0.25, 0.3) is 0 Å². The molecule has 1 aliphatic heterocycles. The van der Waals surface area contributed by atoms with Gasteiger partial charge >= 0.3 is 0 Å². The molecule has 3 rings (SSSR count). The maximum atomic E-state index is 12.5. The van der Waals surface area contributed by atoms with Gasteiger partial charge in [-0.25, -0.2) is 9.97 Å². The Labute approximate surface area is 153 Å². The molecular weight excluding hydrogens is 332 g/mol. The molecule has 0 radical (unpaired) electrons. The number of hydrogen-bond donors (Lipinski definition) is 0. The van der Waals surface area contributed by atoms with Crippen molar-refractivity contribution in [2.45, 2.75) is 25.1 Å². The molecule has 0 N–H and O–H groups in total. The highest BCUT2D eigenvalue weighted by molar-refractivity contribution is 7.98. The molecule has 0 aliphatic carbocycles. The van der Waals surface area contributed by atoms with Gasteiger partial charge in [-0.15, -0.1) is 0 Å². The molecule has 2 aromatic rings. The largest absolute Gasteiger partial charge is 0.362 e. The lowest BCUT2D eigenvalue weighted by molar-refractivity contribution is -0.131. The molecule has 1 aliphatic rings. The topological polar surface area (TPSA) is 49.3 Å². The Morgan fingerprint density at radius 1 is 1.24 bits per heavy atom. The molecule has 25 heavy (non-hydrogen) atoms. The van der Waals surface area contributed by atoms with E-state index in [1.54, 1.807) is 6.33 Å². The second-order valence-electron chi connectivity index (χ2n) is 6.37. The van der Waals surface area contributed by atoms with Crippen LogP contribution < -0.4 is 4.90 Å². The van der Waals surface area contributed by atoms with Gasteiger partial charge in [0.05, 0.1) is 12.2 Å². The van der Waals surface area contributed by atoms with Crippen LogP contribution in [0, 0.1) is 0 Å². The Bertz CT molecular complexity index is 721. The number of nitrogens with zero attached hydrogens (tertiary/aromatic N) is 4. The maximum absolute atomic E-state index is 12.5. The van der Waals surface area contributed by atoms with Crippen molar-refractivity contribution in [1.82, 2.24) is 14.9 Å². The van der Waals surface area contributed by atoms with Crippen molar-refractivity contribution in [3.63, 3.8) is 0 Å². The van der Waals surface area contributed by atoms with Crippen LogP contribution >= 0.6 is 11.8 Å². The summed E-state index contributed by atoms with van der Waals surface area (Å²) in [7, 11) is 3.98. The van der Waals surface area contributed by atoms with E-state index in [0.717, 1.165) is 36.0 Å². The average Bonchev–Trinajstić information content (AvgIpc) is 2.64. The Morgan fingerprint density at radius 2 is 2.04 bits per heavy atom. The zero-order valence-corrected chi connectivity index (χ0v) is 15.6. The SMILES string of the molecule is CN(C)c1ncnc2c1CCN(C(=O)CCSCc1ccccc1)C2. The van der Waals surface area contributed by atoms with Crippen LogP contribution in [0.4, 0.5) is 5.82 Å². The average molecular weight is 356 g/mol. The lowest BCUT2D eigenvalue weighted by atomic mass is 10.0. The van der Waals surface area contributed by atoms with Crippen molar-refractivity contribution in [2.75, 3.05) is 31.3 Å². The molecule has 1 aromatic carbocycles. The van der Waals surface area contributed by atoms with E-state index >= 15 is 0 Å². The number of benzene rings is 1. The molecule has 0 bridgehead atoms. The minimum absolute atomic E-state index is 0.219. The van der Waals surface area contributed by atoms with Crippen molar-refractivity contribution in [3.8, 4) is 0 Å². The molecule has 0 saturated heterocycles. The van der Waals surface area contributed by atoms with Gasteiger partial charge in [-0.3, -0.25) is 4.79 Å². The minimum Gasteiger partial charge on any atom is -0.362 e. The molecule has 1 amide bonds. The molecule has 132 valence electrons. The van der Waals surface area contributed by atoms with Gasteiger partial charge in [0.25, 0.3) is 0 Å². The lowest BCUT2D eigenvalue weighted by Gasteiger charge is -2.30. The van der Waals surface area contributed by atoms with Crippen LogP contribution in [-0.2, 0) is 23.5 Å². The number of rotatable bonds is 6. The van der Waals surface area contributed by atoms with E-state index in [2.05, 4.69) is 34.2 Å². The molecular formula is C19H24N4OS. The van der Waals surface area contributed by atoms with E-state index in [1.165, 1.54) is 11.1 Å². The summed E-state index contributed by atoms with van der Waals surface area (Å²) in [6, 6.07) is 10.4. The summed E-state index contributed by atoms with van der Waals surface area (Å²) in [5, 5.41) is 0. The van der Waals surface area contributed by atoms with Gasteiger partial charge in [0.15, 0.2) is 0 Å². The van der Waals surface area contributed by atoms with Gasteiger partial charge in [-0.1, -0.05) is 30.3 Å². The van der Waals surface area contributed by atoms with Crippen LogP contribution in [0.2, 0.25) is 0 Å². The number of carbonyl (C=O) groups excluding carboxylic acids is 1. The Hall–Kier alpha value is -2.08. The number of fused-ring (bicyclic) bond motifs is 1. The van der Waals surface area contributed by atoms with Gasteiger partial charge in [0.1, 0.15) is 12.1 Å². The smallest absolute Gasteiger partial charge is 0.223 e. The summed E-state index contributed by atoms with van der Waals surface area (Å²) in [5.74, 6) is 2.99. The first-order chi connectivity index (χ1) is 12.1. The van der Waals surface area contributed by atoms with E-state index in [4.69, 9.17) is 0 Å². The number of anilines is 1. The summed E-state index contributed by atoms with van der Waals surface area (Å²) in [6.07, 6.45) is 3.00. The van der Waals surface area contributed by atoms with Gasteiger partial charge in [0.2, 0.25) is 5.91 Å². The first-order valence-corrected chi connectivity index (χ1v) is 9.70. The fourth-order valence-electron chi connectivity index (χ4n) is 3.02. The van der Waals surface area contributed by atoms with E-state index in [0.29, 0.717) is 13.0 Å². The van der Waals surface area contributed by atoms with E-state index in [1.807, 2.05) is 41.7 Å². The molecule has 1 aromatic heterocycles. The van der Waals surface area contributed by atoms with Crippen molar-refractivity contribution in [1.29, 1.82) is 0 Å². The zero-order valence-electron chi connectivity index (χ0n) is 14.8. The molecule has 0 saturated carbocycles. The summed E-state index contributed by atoms with van der Waals surface area (Å²) in [6.45, 7) is 1.35. The zero-order chi connectivity index (χ0) is 17.6. The number of amides is 1. The Morgan fingerprint density at radius 3 is 2.80 bits per heavy atom. The van der Waals surface area contributed by atoms with Crippen LogP contribution in [0.3, 0.4) is 0 Å². The van der Waals surface area contributed by atoms with Crippen molar-refractivity contribution in [3.05, 3.63) is 53.5 Å². The van der Waals surface area contributed by atoms with Gasteiger partial charge in [0, 0.05) is 44.1 Å². The fraction of sp³-hybridized carbons (Fsp3) is 0.421. The van der Waals surface area contributed by atoms with E-state index in [-0.39, 0.29) is 5.91 Å². The van der Waals surface area contributed by atoms with E-state index in [9.17, 15) is 4.79 Å². The van der Waals surface area contributed by atoms with Crippen LogP contribution in [0.5, 0.6) is 0 Å². The number of hydrogen-bond acceptors (Lipinski definition) is 5. The number of thioether (sulfide) groups is 1. The number of aromatic nitrogens is 2. The number of carbonyl (C=O) groups is 1. The normalized spacial score (nSPS) is 13.4. The lowest BCUT2D eigenvalue weighted by Crippen LogP contribution is -2.37. The monoisotopic (exact) mass is 356 g/mol. The first kappa shape index (κ1) is 17.7. The molecule has 0 spiro atoms. The predicted molar refractivity (Wildman–Crippen MR) is 103 cm³/mol. The first-order valence-electron chi connectivity index (χ1n) is 8.54. The second-order valence-corrected chi connectivity index (χ2v) is 7.48. The highest BCUT2D eigenvalue weighted by Gasteiger charge is 2.24. The highest BCUT2D eigenvalue weighted by atomic mass is 32.2. The highest BCUT2D eigenvalue weighted by Crippen LogP contribution is 2.24. The molecule has 5 nitrogen and oxygen atoms in total. The second kappa shape index (κ2) is 8.34. The summed E-state index contributed by atoms with van der Waals surface area (Å²) >= 11 is 1.81. The summed E-state index contributed by atoms with van der Waals surface area (Å²) < 4.78 is 0. The summed E-state index contributed by atoms with van der Waals surface area (Å²) in [5.41, 5.74) is 3.46. The van der Waals surface area contributed by atoms with Crippen LogP contribution in [0.1, 0.15) is 23.2 Å². The molecule has 6 heteroatoms. The third kappa shape index (κ3) is 4.51. The van der Waals surface area contributed by atoms with Crippen molar-refractivity contribution in [2.24, 2.45) is 0 Å². The Balaban J connectivity index is 1.50. The molecule has 0 atom stereocenters. The van der Waals surface area contributed by atoms with Gasteiger partial charge < -0.3 is 9.80 Å². The molecule has 2 heterocycles. The third-order valence-corrected chi connectivity index (χ3v) is 5.36. The van der Waals surface area contributed by atoms with E-state index < -0.39 is 0 Å². The Kier molecular flexibility index (Phi) is 5.91. The quantitative estimate of drug-likeness (QED) is 0.745. The van der Waals surface area contributed by atoms with Crippen LogP contribution in [-0.4, -0.2) is 47.2 Å². The fourth-order valence-corrected chi connectivity index (χ4v) is 3.91. The predicted octanol–water partition coefficient (Wildman–Crippen LogP) is 2.75. The molecule has 0 unspecified atom stereocenters. The van der Waals surface area contributed by atoms with Crippen LogP contribution in [0.15, 0.2) is 36.7 Å². The minimum atomic E-state index is 0.219.